The van der Waals surface area contributed by atoms with E-state index in [1.54, 1.807) is 13.0 Å². The number of hydrogen-bond acceptors (Lipinski definition) is 4. The number of carbonyl (C=O) groups is 2. The summed E-state index contributed by atoms with van der Waals surface area (Å²) >= 11 is 0. The van der Waals surface area contributed by atoms with Crippen LogP contribution in [0.2, 0.25) is 0 Å². The molecule has 0 heterocycles. The van der Waals surface area contributed by atoms with Crippen LogP contribution in [0.5, 0.6) is 0 Å². The zero-order valence-electron chi connectivity index (χ0n) is 10.4. The van der Waals surface area contributed by atoms with Gasteiger partial charge in [-0.2, -0.15) is 0 Å². The summed E-state index contributed by atoms with van der Waals surface area (Å²) in [7, 11) is 0. The summed E-state index contributed by atoms with van der Waals surface area (Å²) in [4.78, 5) is 22.1. The van der Waals surface area contributed by atoms with E-state index in [1.165, 1.54) is 6.08 Å². The summed E-state index contributed by atoms with van der Waals surface area (Å²) in [5.74, 6) is -0.646. The van der Waals surface area contributed by atoms with Crippen LogP contribution in [0.1, 0.15) is 40.5 Å². The number of esters is 2. The zero-order chi connectivity index (χ0) is 12.6. The lowest BCUT2D eigenvalue weighted by Crippen LogP contribution is -2.23. The molecule has 0 fully saturated rings. The largest absolute Gasteiger partial charge is 0.463 e. The Hall–Kier alpha value is -1.32. The summed E-state index contributed by atoms with van der Waals surface area (Å²) in [5.41, 5.74) is -0.456. The van der Waals surface area contributed by atoms with E-state index in [0.29, 0.717) is 13.0 Å². The van der Waals surface area contributed by atoms with Crippen LogP contribution >= 0.6 is 0 Å². The molecule has 0 aromatic carbocycles. The van der Waals surface area contributed by atoms with Crippen LogP contribution in [0, 0.1) is 0 Å². The number of ether oxygens (including phenoxy) is 2. The second-order valence-corrected chi connectivity index (χ2v) is 4.28. The maximum Gasteiger partial charge on any atom is 0.330 e. The summed E-state index contributed by atoms with van der Waals surface area (Å²) in [6, 6.07) is 0. The molecule has 16 heavy (non-hydrogen) atoms. The van der Waals surface area contributed by atoms with Crippen LogP contribution in [-0.2, 0) is 19.1 Å². The molecule has 0 spiro atoms. The van der Waals surface area contributed by atoms with Crippen LogP contribution in [-0.4, -0.2) is 24.1 Å². The van der Waals surface area contributed by atoms with Gasteiger partial charge in [-0.05, 0) is 34.1 Å². The van der Waals surface area contributed by atoms with E-state index in [9.17, 15) is 9.59 Å². The highest BCUT2D eigenvalue weighted by Crippen LogP contribution is 2.09. The van der Waals surface area contributed by atoms with E-state index < -0.39 is 5.60 Å². The molecule has 0 N–H and O–H groups in total. The molecule has 0 radical (unpaired) electrons. The Balaban J connectivity index is 3.74. The predicted molar refractivity (Wildman–Crippen MR) is 60.9 cm³/mol. The number of allylic oxidation sites excluding steroid dienone is 1. The average molecular weight is 228 g/mol. The van der Waals surface area contributed by atoms with Gasteiger partial charge < -0.3 is 9.47 Å². The molecule has 92 valence electrons. The molecule has 0 aromatic rings. The van der Waals surface area contributed by atoms with Gasteiger partial charge in [-0.1, -0.05) is 6.08 Å². The lowest BCUT2D eigenvalue weighted by molar-refractivity contribution is -0.154. The van der Waals surface area contributed by atoms with Crippen molar-refractivity contribution in [1.82, 2.24) is 0 Å². The van der Waals surface area contributed by atoms with Crippen LogP contribution < -0.4 is 0 Å². The van der Waals surface area contributed by atoms with Gasteiger partial charge in [0.05, 0.1) is 6.61 Å². The summed E-state index contributed by atoms with van der Waals surface area (Å²) in [5, 5.41) is 0. The van der Waals surface area contributed by atoms with Gasteiger partial charge >= 0.3 is 11.9 Å². The quantitative estimate of drug-likeness (QED) is 0.535. The first kappa shape index (κ1) is 14.7. The molecule has 0 bridgehead atoms. The lowest BCUT2D eigenvalue weighted by Gasteiger charge is -2.19. The monoisotopic (exact) mass is 228 g/mol. The Labute approximate surface area is 96.6 Å². The molecule has 0 unspecified atom stereocenters. The summed E-state index contributed by atoms with van der Waals surface area (Å²) in [6.45, 7) is 7.56. The fourth-order valence-electron chi connectivity index (χ4n) is 0.964. The molecule has 0 saturated heterocycles. The van der Waals surface area contributed by atoms with Gasteiger partial charge in [-0.15, -0.1) is 0 Å². The Morgan fingerprint density at radius 1 is 1.25 bits per heavy atom. The Bertz CT molecular complexity index is 261. The Morgan fingerprint density at radius 2 is 1.88 bits per heavy atom. The van der Waals surface area contributed by atoms with Crippen molar-refractivity contribution in [2.24, 2.45) is 0 Å². The minimum Gasteiger partial charge on any atom is -0.463 e. The van der Waals surface area contributed by atoms with Crippen molar-refractivity contribution < 1.29 is 19.1 Å². The van der Waals surface area contributed by atoms with E-state index in [1.807, 2.05) is 20.8 Å². The minimum atomic E-state index is -0.456. The molecule has 0 atom stereocenters. The molecule has 0 rings (SSSR count). The van der Waals surface area contributed by atoms with E-state index in [-0.39, 0.29) is 18.4 Å². The van der Waals surface area contributed by atoms with Gasteiger partial charge in [0.2, 0.25) is 0 Å². The number of carbonyl (C=O) groups excluding carboxylic acids is 2. The molecular weight excluding hydrogens is 208 g/mol. The molecule has 0 amide bonds. The van der Waals surface area contributed by atoms with E-state index >= 15 is 0 Å². The number of hydrogen-bond donors (Lipinski definition) is 0. The Morgan fingerprint density at radius 3 is 2.38 bits per heavy atom. The van der Waals surface area contributed by atoms with E-state index in [2.05, 4.69) is 4.74 Å². The highest BCUT2D eigenvalue weighted by molar-refractivity contribution is 5.82. The van der Waals surface area contributed by atoms with Crippen LogP contribution in [0.3, 0.4) is 0 Å². The Kier molecular flexibility index (Phi) is 6.46. The third-order valence-corrected chi connectivity index (χ3v) is 1.48. The van der Waals surface area contributed by atoms with Crippen molar-refractivity contribution >= 4 is 11.9 Å². The molecule has 4 heteroatoms. The standard InChI is InChI=1S/C12H20O4/c1-5-15-10(13)8-6-7-9-11(14)16-12(2,3)4/h6,8H,5,7,9H2,1-4H3. The maximum absolute atomic E-state index is 11.3. The van der Waals surface area contributed by atoms with Crippen molar-refractivity contribution in [3.05, 3.63) is 12.2 Å². The van der Waals surface area contributed by atoms with Crippen molar-refractivity contribution in [2.45, 2.75) is 46.1 Å². The van der Waals surface area contributed by atoms with Gasteiger partial charge in [0.25, 0.3) is 0 Å². The predicted octanol–water partition coefficient (Wildman–Crippen LogP) is 2.23. The highest BCUT2D eigenvalue weighted by Gasteiger charge is 2.15. The molecule has 0 aliphatic heterocycles. The van der Waals surface area contributed by atoms with Crippen LogP contribution in [0.15, 0.2) is 12.2 Å². The summed E-state index contributed by atoms with van der Waals surface area (Å²) < 4.78 is 9.79. The average Bonchev–Trinajstić information content (AvgIpc) is 2.10. The third kappa shape index (κ3) is 9.24. The summed E-state index contributed by atoms with van der Waals surface area (Å²) in [6.07, 6.45) is 3.69. The van der Waals surface area contributed by atoms with E-state index in [4.69, 9.17) is 4.74 Å². The normalized spacial score (nSPS) is 11.5. The maximum atomic E-state index is 11.3. The van der Waals surface area contributed by atoms with Gasteiger partial charge in [0.15, 0.2) is 0 Å². The van der Waals surface area contributed by atoms with Crippen molar-refractivity contribution in [1.29, 1.82) is 0 Å². The topological polar surface area (TPSA) is 52.6 Å². The third-order valence-electron chi connectivity index (χ3n) is 1.48. The molecule has 0 aromatic heterocycles. The van der Waals surface area contributed by atoms with Crippen LogP contribution in [0.25, 0.3) is 0 Å². The second kappa shape index (κ2) is 7.04. The zero-order valence-corrected chi connectivity index (χ0v) is 10.4. The first-order valence-corrected chi connectivity index (χ1v) is 5.40. The van der Waals surface area contributed by atoms with Crippen molar-refractivity contribution in [2.75, 3.05) is 6.61 Å². The van der Waals surface area contributed by atoms with Gasteiger partial charge in [-0.25, -0.2) is 4.79 Å². The van der Waals surface area contributed by atoms with E-state index in [0.717, 1.165) is 0 Å². The van der Waals surface area contributed by atoms with Crippen molar-refractivity contribution in [3.63, 3.8) is 0 Å². The molecule has 4 nitrogen and oxygen atoms in total. The second-order valence-electron chi connectivity index (χ2n) is 4.28. The fourth-order valence-corrected chi connectivity index (χ4v) is 0.964. The molecular formula is C12H20O4. The highest BCUT2D eigenvalue weighted by atomic mass is 16.6. The van der Waals surface area contributed by atoms with Gasteiger partial charge in [0.1, 0.15) is 5.60 Å². The van der Waals surface area contributed by atoms with Gasteiger partial charge in [-0.3, -0.25) is 4.79 Å². The van der Waals surface area contributed by atoms with Crippen molar-refractivity contribution in [3.8, 4) is 0 Å². The number of rotatable bonds is 5. The molecule has 0 aliphatic rings. The SMILES string of the molecule is CCOC(=O)C=CCCC(=O)OC(C)(C)C. The first-order valence-electron chi connectivity index (χ1n) is 5.40. The molecule has 0 saturated carbocycles. The fraction of sp³-hybridized carbons (Fsp3) is 0.667. The minimum absolute atomic E-state index is 0.263. The smallest absolute Gasteiger partial charge is 0.330 e. The first-order chi connectivity index (χ1) is 7.35. The molecule has 0 aliphatic carbocycles. The lowest BCUT2D eigenvalue weighted by atomic mass is 10.2. The van der Waals surface area contributed by atoms with Gasteiger partial charge in [0, 0.05) is 12.5 Å². The van der Waals surface area contributed by atoms with Crippen LogP contribution in [0.4, 0.5) is 0 Å².